The Morgan fingerprint density at radius 2 is 2.04 bits per heavy atom. The van der Waals surface area contributed by atoms with Crippen molar-refractivity contribution in [1.82, 2.24) is 14.8 Å². The third-order valence-corrected chi connectivity index (χ3v) is 7.50. The molecule has 1 aromatic carbocycles. The Hall–Kier alpha value is -1.76. The number of hydrogen-bond donors (Lipinski definition) is 0. The summed E-state index contributed by atoms with van der Waals surface area (Å²) in [5.74, 6) is 0.729. The molecule has 1 amide bonds. The number of thiophene rings is 1. The Bertz CT molecular complexity index is 891. The van der Waals surface area contributed by atoms with Crippen molar-refractivity contribution in [3.05, 3.63) is 51.2 Å². The van der Waals surface area contributed by atoms with Crippen molar-refractivity contribution in [1.29, 1.82) is 0 Å². The number of amides is 1. The van der Waals surface area contributed by atoms with Crippen LogP contribution in [0.25, 0.3) is 10.2 Å². The van der Waals surface area contributed by atoms with E-state index >= 15 is 0 Å². The van der Waals surface area contributed by atoms with Crippen LogP contribution in [-0.4, -0.2) is 47.4 Å². The number of aromatic nitrogens is 1. The van der Waals surface area contributed by atoms with Crippen molar-refractivity contribution in [3.8, 4) is 0 Å². The van der Waals surface area contributed by atoms with Gasteiger partial charge in [-0.25, -0.2) is 4.98 Å². The van der Waals surface area contributed by atoms with Gasteiger partial charge in [0.1, 0.15) is 0 Å². The Labute approximate surface area is 168 Å². The average molecular weight is 400 g/mol. The van der Waals surface area contributed by atoms with Crippen LogP contribution in [-0.2, 0) is 11.3 Å². The normalized spacial score (nSPS) is 15.7. The largest absolute Gasteiger partial charge is 0.342 e. The van der Waals surface area contributed by atoms with Crippen LogP contribution in [0.2, 0.25) is 0 Å². The van der Waals surface area contributed by atoms with Gasteiger partial charge in [0.05, 0.1) is 21.8 Å². The summed E-state index contributed by atoms with van der Waals surface area (Å²) in [5.41, 5.74) is 2.41. The van der Waals surface area contributed by atoms with Gasteiger partial charge in [-0.3, -0.25) is 9.69 Å². The van der Waals surface area contributed by atoms with Crippen LogP contribution in [0.4, 0.5) is 0 Å². The lowest BCUT2D eigenvalue weighted by atomic mass is 9.97. The highest BCUT2D eigenvalue weighted by Gasteiger charge is 2.26. The van der Waals surface area contributed by atoms with E-state index < -0.39 is 0 Å². The molecular weight excluding hydrogens is 374 g/mol. The van der Waals surface area contributed by atoms with E-state index in [1.165, 1.54) is 20.1 Å². The molecule has 0 unspecified atom stereocenters. The van der Waals surface area contributed by atoms with Gasteiger partial charge in [0.2, 0.25) is 5.91 Å². The van der Waals surface area contributed by atoms with Crippen molar-refractivity contribution < 1.29 is 4.79 Å². The molecule has 0 atom stereocenters. The molecule has 0 bridgehead atoms. The molecule has 0 radical (unpaired) electrons. The number of nitrogens with zero attached hydrogens (tertiary/aromatic N) is 3. The quantitative estimate of drug-likeness (QED) is 0.634. The third kappa shape index (κ3) is 4.23. The number of aryl methyl sites for hydroxylation is 1. The van der Waals surface area contributed by atoms with E-state index in [-0.39, 0.29) is 5.91 Å². The number of carbonyl (C=O) groups is 1. The molecule has 1 saturated heterocycles. The minimum atomic E-state index is 0.245. The molecule has 1 fully saturated rings. The van der Waals surface area contributed by atoms with E-state index in [2.05, 4.69) is 41.5 Å². The molecular formula is C21H25N3OS2. The summed E-state index contributed by atoms with van der Waals surface area (Å²) in [6.45, 7) is 5.14. The van der Waals surface area contributed by atoms with Crippen molar-refractivity contribution in [2.45, 2.75) is 32.2 Å². The van der Waals surface area contributed by atoms with Crippen LogP contribution >= 0.6 is 22.7 Å². The summed E-state index contributed by atoms with van der Waals surface area (Å²) in [7, 11) is 2.03. The highest BCUT2D eigenvalue weighted by atomic mass is 32.1. The monoisotopic (exact) mass is 399 g/mol. The molecule has 142 valence electrons. The van der Waals surface area contributed by atoms with E-state index in [1.807, 2.05) is 18.0 Å². The maximum absolute atomic E-state index is 12.7. The average Bonchev–Trinajstić information content (AvgIpc) is 3.28. The summed E-state index contributed by atoms with van der Waals surface area (Å²) in [4.78, 5) is 23.0. The first-order valence-corrected chi connectivity index (χ1v) is 11.1. The van der Waals surface area contributed by atoms with Gasteiger partial charge < -0.3 is 4.90 Å². The fourth-order valence-electron chi connectivity index (χ4n) is 3.64. The second-order valence-corrected chi connectivity index (χ2v) is 9.44. The molecule has 4 rings (SSSR count). The van der Waals surface area contributed by atoms with Crippen molar-refractivity contribution >= 4 is 38.8 Å². The number of likely N-dealkylation sites (N-methyl/N-ethyl adjacent to an activating group) is 1. The van der Waals surface area contributed by atoms with E-state index in [9.17, 15) is 4.79 Å². The van der Waals surface area contributed by atoms with Crippen molar-refractivity contribution in [2.75, 3.05) is 26.7 Å². The van der Waals surface area contributed by atoms with Crippen molar-refractivity contribution in [3.63, 3.8) is 0 Å². The van der Waals surface area contributed by atoms with E-state index in [1.54, 1.807) is 22.7 Å². The molecule has 3 aromatic rings. The molecule has 0 saturated carbocycles. The Morgan fingerprint density at radius 3 is 2.74 bits per heavy atom. The molecule has 0 aliphatic carbocycles. The molecule has 0 spiro atoms. The second-order valence-electron chi connectivity index (χ2n) is 7.37. The number of carbonyl (C=O) groups excluding carboxylic acids is 1. The summed E-state index contributed by atoms with van der Waals surface area (Å²) >= 11 is 3.57. The zero-order valence-electron chi connectivity index (χ0n) is 15.9. The number of likely N-dealkylation sites (tertiary alicyclic amines) is 1. The number of fused-ring (bicyclic) bond motifs is 1. The predicted octanol–water partition coefficient (Wildman–Crippen LogP) is 4.50. The lowest BCUT2D eigenvalue weighted by Crippen LogP contribution is -2.42. The zero-order chi connectivity index (χ0) is 18.8. The summed E-state index contributed by atoms with van der Waals surface area (Å²) < 4.78 is 1.26. The number of hydrogen-bond acceptors (Lipinski definition) is 5. The van der Waals surface area contributed by atoms with Gasteiger partial charge in [0.25, 0.3) is 0 Å². The molecule has 1 aliphatic rings. The molecule has 3 heterocycles. The first kappa shape index (κ1) is 18.6. The third-order valence-electron chi connectivity index (χ3n) is 5.29. The van der Waals surface area contributed by atoms with E-state index in [4.69, 9.17) is 4.98 Å². The molecule has 27 heavy (non-hydrogen) atoms. The van der Waals surface area contributed by atoms with E-state index in [0.717, 1.165) is 38.0 Å². The SMILES string of the molecule is Cc1ccsc1CN(C)CC(=O)N1CCC(c2nc3ccccc3s2)CC1. The Kier molecular flexibility index (Phi) is 5.57. The van der Waals surface area contributed by atoms with Gasteiger partial charge in [0.15, 0.2) is 0 Å². The fourth-order valence-corrected chi connectivity index (χ4v) is 5.76. The van der Waals surface area contributed by atoms with Crippen LogP contribution in [0.1, 0.15) is 34.2 Å². The zero-order valence-corrected chi connectivity index (χ0v) is 17.5. The highest BCUT2D eigenvalue weighted by molar-refractivity contribution is 7.18. The summed E-state index contributed by atoms with van der Waals surface area (Å²) in [6.07, 6.45) is 2.03. The van der Waals surface area contributed by atoms with Gasteiger partial charge in [-0.1, -0.05) is 12.1 Å². The first-order valence-electron chi connectivity index (χ1n) is 9.45. The molecule has 6 heteroatoms. The minimum absolute atomic E-state index is 0.245. The molecule has 1 aliphatic heterocycles. The lowest BCUT2D eigenvalue weighted by Gasteiger charge is -2.32. The van der Waals surface area contributed by atoms with Crippen molar-refractivity contribution in [2.24, 2.45) is 0 Å². The summed E-state index contributed by atoms with van der Waals surface area (Å²) in [6, 6.07) is 10.5. The van der Waals surface area contributed by atoms with Crippen LogP contribution in [0, 0.1) is 6.92 Å². The fraction of sp³-hybridized carbons (Fsp3) is 0.429. The highest BCUT2D eigenvalue weighted by Crippen LogP contribution is 2.33. The van der Waals surface area contributed by atoms with E-state index in [0.29, 0.717) is 12.5 Å². The van der Waals surface area contributed by atoms with Gasteiger partial charge in [-0.05, 0) is 56.0 Å². The second kappa shape index (κ2) is 8.09. The first-order chi connectivity index (χ1) is 13.1. The molecule has 2 aromatic heterocycles. The lowest BCUT2D eigenvalue weighted by molar-refractivity contribution is -0.133. The van der Waals surface area contributed by atoms with Gasteiger partial charge in [-0.2, -0.15) is 0 Å². The molecule has 4 nitrogen and oxygen atoms in total. The van der Waals surface area contributed by atoms with Crippen LogP contribution in [0.5, 0.6) is 0 Å². The van der Waals surface area contributed by atoms with Crippen LogP contribution < -0.4 is 0 Å². The minimum Gasteiger partial charge on any atom is -0.342 e. The maximum atomic E-state index is 12.7. The standard InChI is InChI=1S/C21H25N3OS2/c1-15-9-12-26-19(15)13-23(2)14-20(25)24-10-7-16(8-11-24)21-22-17-5-3-4-6-18(17)27-21/h3-6,9,12,16H,7-8,10-11,13-14H2,1-2H3. The number of benzene rings is 1. The van der Waals surface area contributed by atoms with Gasteiger partial charge >= 0.3 is 0 Å². The van der Waals surface area contributed by atoms with Gasteiger partial charge in [-0.15, -0.1) is 22.7 Å². The molecule has 0 N–H and O–H groups in total. The Morgan fingerprint density at radius 1 is 1.26 bits per heavy atom. The predicted molar refractivity (Wildman–Crippen MR) is 114 cm³/mol. The van der Waals surface area contributed by atoms with Gasteiger partial charge in [0, 0.05) is 30.4 Å². The number of para-hydroxylation sites is 1. The Balaban J connectivity index is 1.30. The number of piperidine rings is 1. The summed E-state index contributed by atoms with van der Waals surface area (Å²) in [5, 5.41) is 3.35. The van der Waals surface area contributed by atoms with Crippen LogP contribution in [0.3, 0.4) is 0 Å². The maximum Gasteiger partial charge on any atom is 0.236 e. The number of rotatable bonds is 5. The van der Waals surface area contributed by atoms with Crippen LogP contribution in [0.15, 0.2) is 35.7 Å². The smallest absolute Gasteiger partial charge is 0.236 e. The number of thiazole rings is 1. The topological polar surface area (TPSA) is 36.4 Å².